The highest BCUT2D eigenvalue weighted by atomic mass is 16.4. The van der Waals surface area contributed by atoms with Gasteiger partial charge in [0, 0.05) is 12.1 Å². The van der Waals surface area contributed by atoms with Crippen LogP contribution in [0.15, 0.2) is 48.5 Å². The molecule has 0 radical (unpaired) electrons. The van der Waals surface area contributed by atoms with Crippen molar-refractivity contribution in [2.24, 2.45) is 0 Å². The van der Waals surface area contributed by atoms with Crippen molar-refractivity contribution in [3.05, 3.63) is 70.8 Å². The van der Waals surface area contributed by atoms with Gasteiger partial charge >= 0.3 is 5.97 Å². The molecule has 0 saturated carbocycles. The third kappa shape index (κ3) is 2.97. The summed E-state index contributed by atoms with van der Waals surface area (Å²) in [5.41, 5.74) is 2.93. The molecule has 0 bridgehead atoms. The number of likely N-dealkylation sites (tertiary alicyclic amines) is 1. The lowest BCUT2D eigenvalue weighted by Gasteiger charge is -2.26. The van der Waals surface area contributed by atoms with Gasteiger partial charge in [0.05, 0.1) is 11.6 Å². The van der Waals surface area contributed by atoms with Crippen molar-refractivity contribution in [1.82, 2.24) is 4.90 Å². The van der Waals surface area contributed by atoms with E-state index in [1.54, 1.807) is 12.1 Å². The molecule has 1 fully saturated rings. The van der Waals surface area contributed by atoms with Gasteiger partial charge in [0.25, 0.3) is 5.91 Å². The summed E-state index contributed by atoms with van der Waals surface area (Å²) in [7, 11) is 0. The van der Waals surface area contributed by atoms with E-state index in [1.165, 1.54) is 23.3 Å². The lowest BCUT2D eigenvalue weighted by atomic mass is 9.99. The number of carbonyl (C=O) groups is 2. The van der Waals surface area contributed by atoms with Crippen LogP contribution in [0.2, 0.25) is 0 Å². The molecule has 4 heteroatoms. The van der Waals surface area contributed by atoms with E-state index in [-0.39, 0.29) is 17.5 Å². The van der Waals surface area contributed by atoms with Crippen LogP contribution in [0, 0.1) is 6.92 Å². The molecule has 1 unspecified atom stereocenters. The highest BCUT2D eigenvalue weighted by molar-refractivity contribution is 5.97. The van der Waals surface area contributed by atoms with E-state index < -0.39 is 5.97 Å². The summed E-state index contributed by atoms with van der Waals surface area (Å²) in [5.74, 6) is -1.12. The lowest BCUT2D eigenvalue weighted by Crippen LogP contribution is -2.31. The Morgan fingerprint density at radius 1 is 1.09 bits per heavy atom. The molecule has 1 aliphatic heterocycles. The first-order valence-corrected chi connectivity index (χ1v) is 7.78. The predicted molar refractivity (Wildman–Crippen MR) is 87.6 cm³/mol. The highest BCUT2D eigenvalue weighted by Gasteiger charge is 2.31. The number of hydrogen-bond donors (Lipinski definition) is 1. The molecule has 1 atom stereocenters. The third-order valence-corrected chi connectivity index (χ3v) is 4.42. The highest BCUT2D eigenvalue weighted by Crippen LogP contribution is 2.34. The van der Waals surface area contributed by atoms with E-state index in [4.69, 9.17) is 5.11 Å². The van der Waals surface area contributed by atoms with Crippen LogP contribution < -0.4 is 0 Å². The number of aryl methyl sites for hydroxylation is 1. The second kappa shape index (κ2) is 6.24. The van der Waals surface area contributed by atoms with Crippen LogP contribution in [-0.2, 0) is 0 Å². The summed E-state index contributed by atoms with van der Waals surface area (Å²) in [4.78, 5) is 25.8. The quantitative estimate of drug-likeness (QED) is 0.941. The molecule has 118 valence electrons. The van der Waals surface area contributed by atoms with E-state index in [0.717, 1.165) is 12.8 Å². The summed E-state index contributed by atoms with van der Waals surface area (Å²) in [6.07, 6.45) is 1.90. The molecule has 0 aromatic heterocycles. The molecule has 1 amide bonds. The molecule has 1 heterocycles. The number of carboxylic acids is 1. The normalized spacial score (nSPS) is 17.3. The first-order valence-electron chi connectivity index (χ1n) is 7.78. The lowest BCUT2D eigenvalue weighted by molar-refractivity contribution is 0.0697. The van der Waals surface area contributed by atoms with Crippen molar-refractivity contribution in [3.8, 4) is 0 Å². The molecule has 3 rings (SSSR count). The molecular weight excluding hydrogens is 290 g/mol. The van der Waals surface area contributed by atoms with E-state index >= 15 is 0 Å². The second-order valence-corrected chi connectivity index (χ2v) is 5.90. The van der Waals surface area contributed by atoms with Crippen molar-refractivity contribution in [2.75, 3.05) is 6.54 Å². The van der Waals surface area contributed by atoms with Crippen LogP contribution >= 0.6 is 0 Å². The zero-order chi connectivity index (χ0) is 16.4. The smallest absolute Gasteiger partial charge is 0.335 e. The molecule has 1 saturated heterocycles. The summed E-state index contributed by atoms with van der Waals surface area (Å²) in [6, 6.07) is 14.4. The van der Waals surface area contributed by atoms with Crippen LogP contribution in [-0.4, -0.2) is 28.4 Å². The third-order valence-electron chi connectivity index (χ3n) is 4.42. The van der Waals surface area contributed by atoms with Crippen LogP contribution in [0.3, 0.4) is 0 Å². The van der Waals surface area contributed by atoms with Crippen LogP contribution in [0.1, 0.15) is 50.7 Å². The number of hydrogen-bond acceptors (Lipinski definition) is 2. The van der Waals surface area contributed by atoms with Gasteiger partial charge in [-0.25, -0.2) is 4.79 Å². The number of carbonyl (C=O) groups excluding carboxylic acids is 1. The van der Waals surface area contributed by atoms with Crippen LogP contribution in [0.25, 0.3) is 0 Å². The van der Waals surface area contributed by atoms with Gasteiger partial charge < -0.3 is 10.0 Å². The monoisotopic (exact) mass is 309 g/mol. The SMILES string of the molecule is Cc1ccccc1C1CCCN1C(=O)c1cccc(C(=O)O)c1. The molecule has 23 heavy (non-hydrogen) atoms. The fourth-order valence-electron chi connectivity index (χ4n) is 3.24. The Kier molecular flexibility index (Phi) is 4.15. The number of nitrogens with zero attached hydrogens (tertiary/aromatic N) is 1. The Morgan fingerprint density at radius 3 is 2.57 bits per heavy atom. The summed E-state index contributed by atoms with van der Waals surface area (Å²) < 4.78 is 0. The minimum absolute atomic E-state index is 0.0668. The van der Waals surface area contributed by atoms with Gasteiger partial charge in [0.15, 0.2) is 0 Å². The maximum Gasteiger partial charge on any atom is 0.335 e. The molecule has 2 aromatic carbocycles. The Balaban J connectivity index is 1.91. The Hall–Kier alpha value is -2.62. The Morgan fingerprint density at radius 2 is 1.83 bits per heavy atom. The molecule has 0 spiro atoms. The van der Waals surface area contributed by atoms with Crippen molar-refractivity contribution in [3.63, 3.8) is 0 Å². The number of aromatic carboxylic acids is 1. The fraction of sp³-hybridized carbons (Fsp3) is 0.263. The summed E-state index contributed by atoms with van der Waals surface area (Å²) in [5, 5.41) is 9.10. The summed E-state index contributed by atoms with van der Waals surface area (Å²) >= 11 is 0. The number of benzene rings is 2. The van der Waals surface area contributed by atoms with Crippen molar-refractivity contribution < 1.29 is 14.7 Å². The number of amides is 1. The Labute approximate surface area is 135 Å². The molecule has 1 N–H and O–H groups in total. The summed E-state index contributed by atoms with van der Waals surface area (Å²) in [6.45, 7) is 2.76. The predicted octanol–water partition coefficient (Wildman–Crippen LogP) is 3.67. The maximum absolute atomic E-state index is 12.8. The van der Waals surface area contributed by atoms with Gasteiger partial charge in [-0.15, -0.1) is 0 Å². The van der Waals surface area contributed by atoms with Gasteiger partial charge in [-0.2, -0.15) is 0 Å². The maximum atomic E-state index is 12.8. The van der Waals surface area contributed by atoms with Gasteiger partial charge in [-0.3, -0.25) is 4.79 Å². The first-order chi connectivity index (χ1) is 11.1. The minimum atomic E-state index is -1.02. The molecule has 4 nitrogen and oxygen atoms in total. The first kappa shape index (κ1) is 15.3. The van der Waals surface area contributed by atoms with E-state index in [0.29, 0.717) is 12.1 Å². The molecule has 1 aliphatic rings. The topological polar surface area (TPSA) is 57.6 Å². The van der Waals surface area contributed by atoms with Gasteiger partial charge in [-0.05, 0) is 49.1 Å². The standard InChI is InChI=1S/C19H19NO3/c1-13-6-2-3-9-16(13)17-10-5-11-20(17)18(21)14-7-4-8-15(12-14)19(22)23/h2-4,6-9,12,17H,5,10-11H2,1H3,(H,22,23). The van der Waals surface area contributed by atoms with Gasteiger partial charge in [0.1, 0.15) is 0 Å². The van der Waals surface area contributed by atoms with E-state index in [9.17, 15) is 9.59 Å². The van der Waals surface area contributed by atoms with Crippen LogP contribution in [0.4, 0.5) is 0 Å². The average molecular weight is 309 g/mol. The molecule has 2 aromatic rings. The average Bonchev–Trinajstić information content (AvgIpc) is 3.04. The number of rotatable bonds is 3. The van der Waals surface area contributed by atoms with Crippen LogP contribution in [0.5, 0.6) is 0 Å². The molecular formula is C19H19NO3. The van der Waals surface area contributed by atoms with E-state index in [2.05, 4.69) is 19.1 Å². The van der Waals surface area contributed by atoms with Crippen molar-refractivity contribution in [2.45, 2.75) is 25.8 Å². The molecule has 0 aliphatic carbocycles. The van der Waals surface area contributed by atoms with Crippen molar-refractivity contribution in [1.29, 1.82) is 0 Å². The minimum Gasteiger partial charge on any atom is -0.478 e. The van der Waals surface area contributed by atoms with E-state index in [1.807, 2.05) is 17.0 Å². The Bertz CT molecular complexity index is 754. The second-order valence-electron chi connectivity index (χ2n) is 5.90. The zero-order valence-corrected chi connectivity index (χ0v) is 13.0. The van der Waals surface area contributed by atoms with Gasteiger partial charge in [0.2, 0.25) is 0 Å². The fourth-order valence-corrected chi connectivity index (χ4v) is 3.24. The number of carboxylic acid groups (broad SMARTS) is 1. The van der Waals surface area contributed by atoms with Gasteiger partial charge in [-0.1, -0.05) is 30.3 Å². The van der Waals surface area contributed by atoms with Crippen molar-refractivity contribution >= 4 is 11.9 Å². The largest absolute Gasteiger partial charge is 0.478 e. The zero-order valence-electron chi connectivity index (χ0n) is 13.0.